The second-order valence-electron chi connectivity index (χ2n) is 5.44. The van der Waals surface area contributed by atoms with Crippen LogP contribution >= 0.6 is 0 Å². The predicted molar refractivity (Wildman–Crippen MR) is 76.8 cm³/mol. The third-order valence-corrected chi connectivity index (χ3v) is 2.99. The number of rotatable bonds is 3. The van der Waals surface area contributed by atoms with E-state index in [0.717, 1.165) is 5.69 Å². The molecule has 1 N–H and O–H groups in total. The summed E-state index contributed by atoms with van der Waals surface area (Å²) in [4.78, 5) is 11.6. The molecule has 0 atom stereocenters. The number of imidazole rings is 2. The Labute approximate surface area is 121 Å². The topological polar surface area (TPSA) is 72.6 Å². The number of nitrogens with zero attached hydrogens (tertiary/aromatic N) is 6. The van der Waals surface area contributed by atoms with Crippen LogP contribution in [0, 0.1) is 6.57 Å². The van der Waals surface area contributed by atoms with Crippen LogP contribution in [0.5, 0.6) is 0 Å². The van der Waals surface area contributed by atoms with Crippen molar-refractivity contribution in [2.45, 2.75) is 26.0 Å². The maximum absolute atomic E-state index is 9.96. The molecule has 0 aliphatic heterocycles. The molecule has 0 amide bonds. The fourth-order valence-corrected chi connectivity index (χ4v) is 2.15. The van der Waals surface area contributed by atoms with E-state index in [2.05, 4.69) is 19.9 Å². The van der Waals surface area contributed by atoms with E-state index in [1.165, 1.54) is 10.7 Å². The molecule has 0 aliphatic carbocycles. The third-order valence-electron chi connectivity index (χ3n) is 2.99. The van der Waals surface area contributed by atoms with Gasteiger partial charge in [-0.2, -0.15) is 0 Å². The molecule has 106 valence electrons. The highest BCUT2D eigenvalue weighted by atomic mass is 16.3. The quantitative estimate of drug-likeness (QED) is 0.745. The lowest BCUT2D eigenvalue weighted by atomic mass is 10.1. The smallest absolute Gasteiger partial charge is 0.275 e. The molecule has 0 unspecified atom stereocenters. The Kier molecular flexibility index (Phi) is 2.96. The average Bonchev–Trinajstić information content (AvgIpc) is 3.02. The van der Waals surface area contributed by atoms with Gasteiger partial charge in [-0.1, -0.05) is 11.7 Å². The van der Waals surface area contributed by atoms with Gasteiger partial charge in [0, 0.05) is 6.07 Å². The SMILES string of the molecule is [C-]#[N+]c1cnc2ccc(-c3cncn3CC(C)(C)O)nn12. The Bertz CT molecular complexity index is 833. The minimum absolute atomic E-state index is 0.361. The first kappa shape index (κ1) is 13.3. The molecule has 0 radical (unpaired) electrons. The van der Waals surface area contributed by atoms with Gasteiger partial charge in [0.25, 0.3) is 5.82 Å². The first-order chi connectivity index (χ1) is 9.98. The van der Waals surface area contributed by atoms with Crippen LogP contribution in [0.4, 0.5) is 5.82 Å². The summed E-state index contributed by atoms with van der Waals surface area (Å²) in [6, 6.07) is 3.63. The summed E-state index contributed by atoms with van der Waals surface area (Å²) in [7, 11) is 0. The molecule has 0 spiro atoms. The molecule has 7 heteroatoms. The van der Waals surface area contributed by atoms with Crippen molar-refractivity contribution in [2.75, 3.05) is 0 Å². The van der Waals surface area contributed by atoms with Crippen molar-refractivity contribution in [3.05, 3.63) is 42.3 Å². The molecule has 3 aromatic heterocycles. The average molecular weight is 282 g/mol. The van der Waals surface area contributed by atoms with Crippen molar-refractivity contribution in [1.82, 2.24) is 24.1 Å². The monoisotopic (exact) mass is 282 g/mol. The van der Waals surface area contributed by atoms with Crippen molar-refractivity contribution >= 4 is 11.5 Å². The van der Waals surface area contributed by atoms with Crippen LogP contribution in [0.25, 0.3) is 21.9 Å². The van der Waals surface area contributed by atoms with Gasteiger partial charge in [0.15, 0.2) is 0 Å². The number of aromatic nitrogens is 5. The lowest BCUT2D eigenvalue weighted by Crippen LogP contribution is -2.26. The lowest BCUT2D eigenvalue weighted by molar-refractivity contribution is 0.0619. The van der Waals surface area contributed by atoms with Gasteiger partial charge in [-0.15, -0.1) is 4.52 Å². The molecule has 3 aromatic rings. The van der Waals surface area contributed by atoms with Gasteiger partial charge < -0.3 is 14.5 Å². The molecule has 0 fully saturated rings. The molecule has 0 bridgehead atoms. The number of aliphatic hydroxyl groups is 1. The molecule has 3 heterocycles. The Hall–Kier alpha value is -2.72. The Morgan fingerprint density at radius 1 is 1.33 bits per heavy atom. The van der Waals surface area contributed by atoms with Crippen molar-refractivity contribution in [2.24, 2.45) is 0 Å². The molecule has 3 rings (SSSR count). The van der Waals surface area contributed by atoms with E-state index in [1.807, 2.05) is 10.6 Å². The molecular formula is C14H14N6O. The summed E-state index contributed by atoms with van der Waals surface area (Å²) in [6.07, 6.45) is 4.84. The van der Waals surface area contributed by atoms with Gasteiger partial charge in [-0.3, -0.25) is 0 Å². The van der Waals surface area contributed by atoms with Gasteiger partial charge in [0.2, 0.25) is 5.65 Å². The summed E-state index contributed by atoms with van der Waals surface area (Å²) >= 11 is 0. The van der Waals surface area contributed by atoms with Crippen LogP contribution in [-0.4, -0.2) is 34.9 Å². The van der Waals surface area contributed by atoms with Crippen LogP contribution in [0.15, 0.2) is 30.9 Å². The number of hydrogen-bond donors (Lipinski definition) is 1. The normalized spacial score (nSPS) is 11.7. The number of hydrogen-bond acceptors (Lipinski definition) is 4. The largest absolute Gasteiger partial charge is 0.389 e. The Balaban J connectivity index is 2.09. The first-order valence-corrected chi connectivity index (χ1v) is 6.43. The molecule has 21 heavy (non-hydrogen) atoms. The number of fused-ring (bicyclic) bond motifs is 1. The molecule has 0 saturated carbocycles. The maximum Gasteiger partial charge on any atom is 0.275 e. The zero-order chi connectivity index (χ0) is 15.0. The zero-order valence-corrected chi connectivity index (χ0v) is 11.7. The van der Waals surface area contributed by atoms with Crippen LogP contribution in [0.3, 0.4) is 0 Å². The van der Waals surface area contributed by atoms with Gasteiger partial charge >= 0.3 is 0 Å². The summed E-state index contributed by atoms with van der Waals surface area (Å²) in [6.45, 7) is 11.0. The van der Waals surface area contributed by atoms with E-state index in [-0.39, 0.29) is 0 Å². The maximum atomic E-state index is 9.96. The van der Waals surface area contributed by atoms with E-state index < -0.39 is 5.60 Å². The fourth-order valence-electron chi connectivity index (χ4n) is 2.15. The molecule has 0 aliphatic rings. The summed E-state index contributed by atoms with van der Waals surface area (Å²) < 4.78 is 3.34. The highest BCUT2D eigenvalue weighted by Crippen LogP contribution is 2.21. The molecular weight excluding hydrogens is 268 g/mol. The molecule has 0 saturated heterocycles. The van der Waals surface area contributed by atoms with Crippen LogP contribution in [0.1, 0.15) is 13.8 Å². The van der Waals surface area contributed by atoms with Crippen LogP contribution in [-0.2, 0) is 6.54 Å². The fraction of sp³-hybridized carbons (Fsp3) is 0.286. The lowest BCUT2D eigenvalue weighted by Gasteiger charge is -2.19. The second-order valence-corrected chi connectivity index (χ2v) is 5.44. The van der Waals surface area contributed by atoms with Crippen LogP contribution < -0.4 is 0 Å². The highest BCUT2D eigenvalue weighted by molar-refractivity contribution is 5.58. The van der Waals surface area contributed by atoms with Crippen molar-refractivity contribution in [3.8, 4) is 11.4 Å². The second kappa shape index (κ2) is 4.68. The first-order valence-electron chi connectivity index (χ1n) is 6.43. The van der Waals surface area contributed by atoms with E-state index in [9.17, 15) is 5.11 Å². The third kappa shape index (κ3) is 2.49. The van der Waals surface area contributed by atoms with E-state index in [4.69, 9.17) is 6.57 Å². The van der Waals surface area contributed by atoms with E-state index >= 15 is 0 Å². The minimum Gasteiger partial charge on any atom is -0.389 e. The molecule has 7 nitrogen and oxygen atoms in total. The van der Waals surface area contributed by atoms with Crippen molar-refractivity contribution < 1.29 is 5.11 Å². The minimum atomic E-state index is -0.851. The Morgan fingerprint density at radius 3 is 2.86 bits per heavy atom. The van der Waals surface area contributed by atoms with Gasteiger partial charge in [-0.05, 0) is 19.9 Å². The Morgan fingerprint density at radius 2 is 2.14 bits per heavy atom. The summed E-state index contributed by atoms with van der Waals surface area (Å²) in [5.74, 6) is 0.361. The zero-order valence-electron chi connectivity index (χ0n) is 11.7. The predicted octanol–water partition coefficient (Wildman–Crippen LogP) is 1.91. The summed E-state index contributed by atoms with van der Waals surface area (Å²) in [5, 5.41) is 14.4. The van der Waals surface area contributed by atoms with E-state index in [0.29, 0.717) is 23.7 Å². The van der Waals surface area contributed by atoms with Crippen molar-refractivity contribution in [1.29, 1.82) is 0 Å². The standard InChI is InChI=1S/C14H14N6O/c1-14(2,21)8-19-9-16-6-11(19)10-4-5-12-17-7-13(15-3)20(12)18-10/h4-7,9,21H,8H2,1-2H3. The molecule has 0 aromatic carbocycles. The highest BCUT2D eigenvalue weighted by Gasteiger charge is 2.18. The van der Waals surface area contributed by atoms with Gasteiger partial charge in [-0.25, -0.2) is 9.97 Å². The van der Waals surface area contributed by atoms with Crippen molar-refractivity contribution in [3.63, 3.8) is 0 Å². The summed E-state index contributed by atoms with van der Waals surface area (Å²) in [5.41, 5.74) is 1.23. The van der Waals surface area contributed by atoms with Gasteiger partial charge in [0.1, 0.15) is 5.69 Å². The van der Waals surface area contributed by atoms with Gasteiger partial charge in [0.05, 0.1) is 36.6 Å². The van der Waals surface area contributed by atoms with E-state index in [1.54, 1.807) is 32.4 Å². The van der Waals surface area contributed by atoms with Crippen LogP contribution in [0.2, 0.25) is 0 Å².